The van der Waals surface area contributed by atoms with E-state index >= 15 is 0 Å². The third-order valence-corrected chi connectivity index (χ3v) is 7.55. The van der Waals surface area contributed by atoms with Crippen LogP contribution in [0.4, 0.5) is 0 Å². The van der Waals surface area contributed by atoms with Gasteiger partial charge >= 0.3 is 0 Å². The monoisotopic (exact) mass is 374 g/mol. The predicted octanol–water partition coefficient (Wildman–Crippen LogP) is 0.115. The Morgan fingerprint density at radius 3 is 2.32 bits per heavy atom. The Bertz CT molecular complexity index is 520. The molecule has 0 saturated carbocycles. The van der Waals surface area contributed by atoms with E-state index < -0.39 is 10.0 Å². The number of rotatable bonds is 7. The maximum absolute atomic E-state index is 12.3. The van der Waals surface area contributed by atoms with Gasteiger partial charge in [-0.05, 0) is 26.2 Å². The Kier molecular flexibility index (Phi) is 7.70. The van der Waals surface area contributed by atoms with Crippen molar-refractivity contribution in [2.24, 2.45) is 17.8 Å². The Hall–Kier alpha value is -0.660. The molecule has 2 fully saturated rings. The van der Waals surface area contributed by atoms with Gasteiger partial charge in [0.1, 0.15) is 0 Å². The molecule has 2 aliphatic rings. The smallest absolute Gasteiger partial charge is 0.223 e. The van der Waals surface area contributed by atoms with Gasteiger partial charge in [-0.3, -0.25) is 4.79 Å². The highest BCUT2D eigenvalue weighted by molar-refractivity contribution is 7.89. The molecule has 0 spiro atoms. The van der Waals surface area contributed by atoms with E-state index in [2.05, 4.69) is 19.2 Å². The first kappa shape index (κ1) is 20.6. The molecule has 2 atom stereocenters. The molecule has 0 aromatic heterocycles. The van der Waals surface area contributed by atoms with Crippen molar-refractivity contribution >= 4 is 15.9 Å². The van der Waals surface area contributed by atoms with E-state index in [1.165, 1.54) is 23.8 Å². The highest BCUT2D eigenvalue weighted by Gasteiger charge is 2.30. The van der Waals surface area contributed by atoms with Crippen LogP contribution in [0, 0.1) is 17.8 Å². The molecule has 25 heavy (non-hydrogen) atoms. The molecule has 2 saturated heterocycles. The molecule has 2 aliphatic heterocycles. The van der Waals surface area contributed by atoms with Crippen LogP contribution in [-0.2, 0) is 14.8 Å². The lowest BCUT2D eigenvalue weighted by Crippen LogP contribution is -3.14. The minimum Gasteiger partial charge on any atom is -0.356 e. The molecule has 0 radical (unpaired) electrons. The summed E-state index contributed by atoms with van der Waals surface area (Å²) in [6, 6.07) is 0. The third-order valence-electron chi connectivity index (χ3n) is 5.67. The summed E-state index contributed by atoms with van der Waals surface area (Å²) in [5, 5.41) is 3.06. The Balaban J connectivity index is 1.63. The second kappa shape index (κ2) is 9.33. The van der Waals surface area contributed by atoms with Crippen LogP contribution in [0.15, 0.2) is 0 Å². The van der Waals surface area contributed by atoms with E-state index in [0.717, 1.165) is 31.3 Å². The van der Waals surface area contributed by atoms with Gasteiger partial charge in [0, 0.05) is 43.8 Å². The van der Waals surface area contributed by atoms with Gasteiger partial charge < -0.3 is 10.2 Å². The predicted molar refractivity (Wildman–Crippen MR) is 99.9 cm³/mol. The van der Waals surface area contributed by atoms with Crippen LogP contribution in [0.2, 0.25) is 0 Å². The second-order valence-electron chi connectivity index (χ2n) is 8.07. The lowest BCUT2D eigenvalue weighted by atomic mass is 9.92. The zero-order valence-corrected chi connectivity index (χ0v) is 16.9. The summed E-state index contributed by atoms with van der Waals surface area (Å²) in [6.45, 7) is 11.7. The van der Waals surface area contributed by atoms with Crippen molar-refractivity contribution in [2.75, 3.05) is 45.0 Å². The van der Waals surface area contributed by atoms with Crippen LogP contribution in [0.1, 0.15) is 46.5 Å². The summed E-state index contributed by atoms with van der Waals surface area (Å²) in [7, 11) is -3.11. The van der Waals surface area contributed by atoms with Gasteiger partial charge in [0.25, 0.3) is 0 Å². The van der Waals surface area contributed by atoms with Crippen LogP contribution in [0.5, 0.6) is 0 Å². The van der Waals surface area contributed by atoms with Crippen molar-refractivity contribution in [3.8, 4) is 0 Å². The molecule has 1 amide bonds. The summed E-state index contributed by atoms with van der Waals surface area (Å²) in [5.74, 6) is 1.81. The molecule has 2 unspecified atom stereocenters. The van der Waals surface area contributed by atoms with Crippen molar-refractivity contribution in [1.82, 2.24) is 9.62 Å². The lowest BCUT2D eigenvalue weighted by Gasteiger charge is -2.32. The molecule has 2 rings (SSSR count). The van der Waals surface area contributed by atoms with Crippen LogP contribution in [0.3, 0.4) is 0 Å². The molecule has 2 N–H and O–H groups in total. The van der Waals surface area contributed by atoms with Crippen molar-refractivity contribution < 1.29 is 18.1 Å². The summed E-state index contributed by atoms with van der Waals surface area (Å²) >= 11 is 0. The standard InChI is InChI=1S/C18H35N3O3S/c1-4-25(23,24)21-10-6-17(7-11-21)18(22)19-8-5-9-20-13-15(2)12-16(3)14-20/h15-17H,4-14H2,1-3H3,(H,19,22)/p+1. The van der Waals surface area contributed by atoms with Gasteiger partial charge in [0.2, 0.25) is 15.9 Å². The molecule has 2 heterocycles. The SMILES string of the molecule is CCS(=O)(=O)N1CCC(C(=O)NCCC[NH+]2CC(C)CC(C)C2)CC1. The van der Waals surface area contributed by atoms with E-state index in [1.54, 1.807) is 11.8 Å². The van der Waals surface area contributed by atoms with Crippen molar-refractivity contribution in [3.05, 3.63) is 0 Å². The maximum atomic E-state index is 12.3. The van der Waals surface area contributed by atoms with Crippen LogP contribution < -0.4 is 10.2 Å². The fraction of sp³-hybridized carbons (Fsp3) is 0.944. The minimum atomic E-state index is -3.11. The molecule has 146 valence electrons. The molecule has 0 bridgehead atoms. The van der Waals surface area contributed by atoms with Crippen molar-refractivity contribution in [2.45, 2.75) is 46.5 Å². The van der Waals surface area contributed by atoms with Crippen molar-refractivity contribution in [3.63, 3.8) is 0 Å². The number of piperidine rings is 2. The number of sulfonamides is 1. The van der Waals surface area contributed by atoms with E-state index in [1.807, 2.05) is 0 Å². The van der Waals surface area contributed by atoms with E-state index in [0.29, 0.717) is 25.9 Å². The van der Waals surface area contributed by atoms with Gasteiger partial charge in [-0.2, -0.15) is 0 Å². The summed E-state index contributed by atoms with van der Waals surface area (Å²) in [4.78, 5) is 14.0. The van der Waals surface area contributed by atoms with Gasteiger partial charge in [0.15, 0.2) is 0 Å². The zero-order chi connectivity index (χ0) is 18.4. The van der Waals surface area contributed by atoms with Crippen LogP contribution in [-0.4, -0.2) is 63.7 Å². The number of hydrogen-bond donors (Lipinski definition) is 2. The topological polar surface area (TPSA) is 70.9 Å². The van der Waals surface area contributed by atoms with Gasteiger partial charge in [0.05, 0.1) is 25.4 Å². The van der Waals surface area contributed by atoms with Crippen LogP contribution >= 0.6 is 0 Å². The van der Waals surface area contributed by atoms with Gasteiger partial charge in [-0.15, -0.1) is 0 Å². The summed E-state index contributed by atoms with van der Waals surface area (Å²) in [5.41, 5.74) is 0. The first-order valence-electron chi connectivity index (χ1n) is 9.91. The number of carbonyl (C=O) groups is 1. The number of quaternary nitrogens is 1. The molecule has 0 aromatic rings. The minimum absolute atomic E-state index is 0.0364. The normalized spacial score (nSPS) is 29.5. The highest BCUT2D eigenvalue weighted by Crippen LogP contribution is 2.20. The Morgan fingerprint density at radius 1 is 1.16 bits per heavy atom. The highest BCUT2D eigenvalue weighted by atomic mass is 32.2. The fourth-order valence-electron chi connectivity index (χ4n) is 4.40. The van der Waals surface area contributed by atoms with E-state index in [-0.39, 0.29) is 17.6 Å². The average Bonchev–Trinajstić information content (AvgIpc) is 2.58. The molecule has 0 aromatic carbocycles. The molecule has 0 aliphatic carbocycles. The Morgan fingerprint density at radius 2 is 1.76 bits per heavy atom. The molecular weight excluding hydrogens is 338 g/mol. The van der Waals surface area contributed by atoms with Gasteiger partial charge in [-0.1, -0.05) is 13.8 Å². The average molecular weight is 375 g/mol. The quantitative estimate of drug-likeness (QED) is 0.622. The largest absolute Gasteiger partial charge is 0.356 e. The summed E-state index contributed by atoms with van der Waals surface area (Å²) < 4.78 is 25.2. The molecule has 7 heteroatoms. The first-order chi connectivity index (χ1) is 11.8. The van der Waals surface area contributed by atoms with E-state index in [9.17, 15) is 13.2 Å². The molecule has 6 nitrogen and oxygen atoms in total. The van der Waals surface area contributed by atoms with Gasteiger partial charge in [-0.25, -0.2) is 12.7 Å². The van der Waals surface area contributed by atoms with E-state index in [4.69, 9.17) is 0 Å². The Labute approximate surface area is 153 Å². The number of nitrogens with zero attached hydrogens (tertiary/aromatic N) is 1. The number of likely N-dealkylation sites (tertiary alicyclic amines) is 1. The van der Waals surface area contributed by atoms with Crippen molar-refractivity contribution in [1.29, 1.82) is 0 Å². The number of carbonyl (C=O) groups excluding carboxylic acids is 1. The molecular formula is C18H36N3O3S+. The maximum Gasteiger partial charge on any atom is 0.223 e. The number of nitrogens with one attached hydrogen (secondary N) is 2. The van der Waals surface area contributed by atoms with Crippen LogP contribution in [0.25, 0.3) is 0 Å². The lowest BCUT2D eigenvalue weighted by molar-refractivity contribution is -0.912. The second-order valence-corrected chi connectivity index (χ2v) is 10.3. The summed E-state index contributed by atoms with van der Waals surface area (Å²) in [6.07, 6.45) is 3.63. The number of hydrogen-bond acceptors (Lipinski definition) is 3. The first-order valence-corrected chi connectivity index (χ1v) is 11.5. The number of amides is 1. The zero-order valence-electron chi connectivity index (χ0n) is 16.1. The third kappa shape index (κ3) is 6.22. The fourth-order valence-corrected chi connectivity index (χ4v) is 5.53.